The van der Waals surface area contributed by atoms with Gasteiger partial charge in [0.1, 0.15) is 13.2 Å². The van der Waals surface area contributed by atoms with E-state index >= 15 is 0 Å². The van der Waals surface area contributed by atoms with E-state index in [2.05, 4.69) is 78.8 Å². The third-order valence-electron chi connectivity index (χ3n) is 6.26. The van der Waals surface area contributed by atoms with Gasteiger partial charge < -0.3 is 18.6 Å². The monoisotopic (exact) mass is 548 g/mol. The summed E-state index contributed by atoms with van der Waals surface area (Å²) in [5.74, 6) is 0.985. The summed E-state index contributed by atoms with van der Waals surface area (Å²) in [6.07, 6.45) is 18.3. The summed E-state index contributed by atoms with van der Waals surface area (Å²) in [5.41, 5.74) is 4.87. The molecular formula is C35H48O5. The summed E-state index contributed by atoms with van der Waals surface area (Å²) < 4.78 is 23.9. The minimum atomic E-state index is -0.577. The first-order chi connectivity index (χ1) is 19.2. The van der Waals surface area contributed by atoms with Crippen molar-refractivity contribution in [2.45, 2.75) is 87.0 Å². The third-order valence-corrected chi connectivity index (χ3v) is 6.26. The van der Waals surface area contributed by atoms with Gasteiger partial charge in [0.2, 0.25) is 5.75 Å². The van der Waals surface area contributed by atoms with Crippen molar-refractivity contribution in [3.8, 4) is 17.2 Å². The number of allylic oxidation sites excluding steroid dienone is 7. The molecule has 0 aliphatic carbocycles. The lowest BCUT2D eigenvalue weighted by molar-refractivity contribution is 0.278. The Labute approximate surface area is 240 Å². The first kappa shape index (κ1) is 32.7. The van der Waals surface area contributed by atoms with Gasteiger partial charge in [-0.25, -0.2) is 4.79 Å². The average molecular weight is 549 g/mol. The fourth-order valence-electron chi connectivity index (χ4n) is 3.97. The molecule has 0 amide bonds. The van der Waals surface area contributed by atoms with Gasteiger partial charge in [-0.2, -0.15) is 0 Å². The Morgan fingerprint density at radius 2 is 1.38 bits per heavy atom. The van der Waals surface area contributed by atoms with E-state index in [1.165, 1.54) is 22.3 Å². The number of ether oxygens (including phenoxy) is 3. The molecule has 0 fully saturated rings. The summed E-state index contributed by atoms with van der Waals surface area (Å²) in [6, 6.07) is 5.56. The van der Waals surface area contributed by atoms with E-state index in [-0.39, 0.29) is 12.4 Å². The summed E-state index contributed by atoms with van der Waals surface area (Å²) in [5, 5.41) is 0.653. The second-order valence-electron chi connectivity index (χ2n) is 10.6. The van der Waals surface area contributed by atoms with Crippen LogP contribution in [-0.2, 0) is 0 Å². The van der Waals surface area contributed by atoms with Crippen molar-refractivity contribution >= 4 is 11.0 Å². The van der Waals surface area contributed by atoms with Crippen LogP contribution in [0.25, 0.3) is 11.0 Å². The maximum Gasteiger partial charge on any atom is 0.383 e. The molecule has 2 aromatic rings. The van der Waals surface area contributed by atoms with Gasteiger partial charge in [-0.3, -0.25) is 0 Å². The molecule has 1 aromatic heterocycles. The van der Waals surface area contributed by atoms with E-state index in [0.29, 0.717) is 35.7 Å². The summed E-state index contributed by atoms with van der Waals surface area (Å²) in [7, 11) is 0. The highest BCUT2D eigenvalue weighted by atomic mass is 16.5. The Kier molecular flexibility index (Phi) is 14.7. The molecule has 1 aromatic carbocycles. The molecule has 40 heavy (non-hydrogen) atoms. The van der Waals surface area contributed by atoms with Crippen LogP contribution < -0.4 is 19.8 Å². The van der Waals surface area contributed by atoms with Gasteiger partial charge in [-0.15, -0.1) is 0 Å². The zero-order valence-electron chi connectivity index (χ0n) is 25.6. The van der Waals surface area contributed by atoms with Crippen molar-refractivity contribution in [2.75, 3.05) is 19.8 Å². The molecular weight excluding hydrogens is 500 g/mol. The van der Waals surface area contributed by atoms with Crippen LogP contribution in [0, 0.1) is 0 Å². The van der Waals surface area contributed by atoms with Crippen LogP contribution in [0.5, 0.6) is 17.2 Å². The highest BCUT2D eigenvalue weighted by Gasteiger charge is 2.20. The normalized spacial score (nSPS) is 12.1. The molecule has 2 rings (SSSR count). The van der Waals surface area contributed by atoms with Crippen LogP contribution >= 0.6 is 0 Å². The summed E-state index contributed by atoms with van der Waals surface area (Å²) in [6.45, 7) is 15.7. The predicted molar refractivity (Wildman–Crippen MR) is 168 cm³/mol. The maximum absolute atomic E-state index is 13.1. The summed E-state index contributed by atoms with van der Waals surface area (Å²) in [4.78, 5) is 13.1. The predicted octanol–water partition coefficient (Wildman–Crippen LogP) is 9.67. The topological polar surface area (TPSA) is 57.9 Å². The average Bonchev–Trinajstić information content (AvgIpc) is 2.89. The van der Waals surface area contributed by atoms with Gasteiger partial charge in [-0.05, 0) is 104 Å². The minimum Gasteiger partial charge on any atom is -0.488 e. The Morgan fingerprint density at radius 1 is 0.750 bits per heavy atom. The second-order valence-corrected chi connectivity index (χ2v) is 10.6. The first-order valence-corrected chi connectivity index (χ1v) is 14.4. The van der Waals surface area contributed by atoms with Crippen molar-refractivity contribution in [3.63, 3.8) is 0 Å². The van der Waals surface area contributed by atoms with Crippen LogP contribution in [0.15, 0.2) is 86.2 Å². The minimum absolute atomic E-state index is 0.0903. The lowest BCUT2D eigenvalue weighted by Gasteiger charge is -2.14. The number of fused-ring (bicyclic) bond motifs is 1. The Hall–Kier alpha value is -3.47. The molecule has 0 spiro atoms. The molecule has 5 heteroatoms. The Morgan fingerprint density at radius 3 is 1.98 bits per heavy atom. The molecule has 0 radical (unpaired) electrons. The number of hydrogen-bond acceptors (Lipinski definition) is 5. The van der Waals surface area contributed by atoms with Crippen molar-refractivity contribution in [2.24, 2.45) is 0 Å². The molecule has 0 saturated heterocycles. The summed E-state index contributed by atoms with van der Waals surface area (Å²) >= 11 is 0. The number of benzene rings is 1. The van der Waals surface area contributed by atoms with E-state index in [9.17, 15) is 4.79 Å². The fourth-order valence-corrected chi connectivity index (χ4v) is 3.97. The van der Waals surface area contributed by atoms with Crippen LogP contribution in [0.3, 0.4) is 0 Å². The number of rotatable bonds is 17. The van der Waals surface area contributed by atoms with E-state index in [1.807, 2.05) is 24.3 Å². The van der Waals surface area contributed by atoms with Crippen molar-refractivity contribution in [3.05, 3.63) is 87.4 Å². The standard InChI is InChI=1S/C35H48O5/c1-8-9-10-11-23-38-33-30-19-14-20-31(37-24-21-28(6)17-12-15-26(2)3)32(30)40-35(36)34(33)39-25-22-29(7)18-13-16-27(4)5/h9-10,14-16,19-22H,8,11-13,17-18,23-25H2,1-7H3. The highest BCUT2D eigenvalue weighted by molar-refractivity contribution is 5.89. The van der Waals surface area contributed by atoms with Crippen LogP contribution in [0.1, 0.15) is 87.0 Å². The highest BCUT2D eigenvalue weighted by Crippen LogP contribution is 2.37. The van der Waals surface area contributed by atoms with Gasteiger partial charge in [0.15, 0.2) is 17.1 Å². The first-order valence-electron chi connectivity index (χ1n) is 14.4. The zero-order chi connectivity index (χ0) is 29.3. The second kappa shape index (κ2) is 18.0. The molecule has 0 aliphatic rings. The quantitative estimate of drug-likeness (QED) is 0.112. The third kappa shape index (κ3) is 11.7. The van der Waals surface area contributed by atoms with Crippen LogP contribution in [-0.4, -0.2) is 19.8 Å². The van der Waals surface area contributed by atoms with E-state index in [0.717, 1.165) is 38.5 Å². The molecule has 1 heterocycles. The lowest BCUT2D eigenvalue weighted by atomic mass is 10.1. The van der Waals surface area contributed by atoms with Crippen LogP contribution in [0.4, 0.5) is 0 Å². The molecule has 0 aliphatic heterocycles. The molecule has 5 nitrogen and oxygen atoms in total. The molecule has 0 N–H and O–H groups in total. The molecule has 0 atom stereocenters. The van der Waals surface area contributed by atoms with Gasteiger partial charge in [0, 0.05) is 0 Å². The van der Waals surface area contributed by atoms with E-state index in [1.54, 1.807) is 0 Å². The van der Waals surface area contributed by atoms with Gasteiger partial charge in [-0.1, -0.05) is 59.6 Å². The number of hydrogen-bond donors (Lipinski definition) is 0. The van der Waals surface area contributed by atoms with E-state index < -0.39 is 5.63 Å². The van der Waals surface area contributed by atoms with Gasteiger partial charge in [0.25, 0.3) is 0 Å². The maximum atomic E-state index is 13.1. The smallest absolute Gasteiger partial charge is 0.383 e. The molecule has 0 saturated carbocycles. The van der Waals surface area contributed by atoms with Crippen molar-refractivity contribution in [1.82, 2.24) is 0 Å². The Bertz CT molecular complexity index is 1280. The van der Waals surface area contributed by atoms with Gasteiger partial charge in [0.05, 0.1) is 12.0 Å². The fraction of sp³-hybridized carbons (Fsp3) is 0.457. The zero-order valence-corrected chi connectivity index (χ0v) is 25.6. The van der Waals surface area contributed by atoms with Crippen LogP contribution in [0.2, 0.25) is 0 Å². The molecule has 0 unspecified atom stereocenters. The van der Waals surface area contributed by atoms with Gasteiger partial charge >= 0.3 is 5.63 Å². The molecule has 0 bridgehead atoms. The van der Waals surface area contributed by atoms with E-state index in [4.69, 9.17) is 18.6 Å². The van der Waals surface area contributed by atoms with Crippen molar-refractivity contribution < 1.29 is 18.6 Å². The number of para-hydroxylation sites is 1. The Balaban J connectivity index is 2.29. The SMILES string of the molecule is CCC=CCCOc1c(OCC=C(C)CCC=C(C)C)c(=O)oc2c(OCC=C(C)CCC=C(C)C)cccc12. The lowest BCUT2D eigenvalue weighted by Crippen LogP contribution is -2.11. The molecule has 218 valence electrons. The van der Waals surface area contributed by atoms with Crippen molar-refractivity contribution in [1.29, 1.82) is 0 Å². The largest absolute Gasteiger partial charge is 0.488 e.